The van der Waals surface area contributed by atoms with Crippen LogP contribution in [0.2, 0.25) is 0 Å². The Morgan fingerprint density at radius 3 is 2.56 bits per heavy atom. The maximum atomic E-state index is 13.1. The molecular weight excluding hydrogens is 368 g/mol. The predicted octanol–water partition coefficient (Wildman–Crippen LogP) is 0.870. The van der Waals surface area contributed by atoms with E-state index in [2.05, 4.69) is 5.32 Å². The molecule has 3 aliphatic rings. The Balaban J connectivity index is 0.00000261. The van der Waals surface area contributed by atoms with Crippen LogP contribution in [-0.2, 0) is 14.4 Å². The summed E-state index contributed by atoms with van der Waals surface area (Å²) in [6.07, 6.45) is 5.10. The Morgan fingerprint density at radius 2 is 1.81 bits per heavy atom. The van der Waals surface area contributed by atoms with Crippen LogP contribution in [0.15, 0.2) is 0 Å². The summed E-state index contributed by atoms with van der Waals surface area (Å²) in [6.45, 7) is 6.73. The molecule has 0 aromatic heterocycles. The third-order valence-electron chi connectivity index (χ3n) is 5.86. The molecule has 0 aromatic rings. The van der Waals surface area contributed by atoms with Crippen LogP contribution >= 0.6 is 12.4 Å². The van der Waals surface area contributed by atoms with Crippen molar-refractivity contribution < 1.29 is 14.4 Å². The highest BCUT2D eigenvalue weighted by atomic mass is 35.5. The molecule has 0 aliphatic carbocycles. The third-order valence-corrected chi connectivity index (χ3v) is 5.86. The summed E-state index contributed by atoms with van der Waals surface area (Å²) in [6, 6.07) is 0.142. The first-order valence-electron chi connectivity index (χ1n) is 10.2. The molecule has 0 spiro atoms. The number of nitrogens with one attached hydrogen (secondary N) is 1. The van der Waals surface area contributed by atoms with Gasteiger partial charge in [-0.3, -0.25) is 14.4 Å². The first kappa shape index (κ1) is 22.0. The van der Waals surface area contributed by atoms with Crippen LogP contribution in [0.5, 0.6) is 0 Å². The highest BCUT2D eigenvalue weighted by Gasteiger charge is 2.35. The molecule has 3 saturated heterocycles. The summed E-state index contributed by atoms with van der Waals surface area (Å²) in [5, 5.41) is 3.11. The molecule has 8 heteroatoms. The first-order valence-corrected chi connectivity index (χ1v) is 10.2. The number of amides is 3. The standard InChI is InChI=1S/C19H32N4O3.ClH/c1-2-5-17(24)21-9-3-6-15(13-21)19(26)22-10-4-7-16(14-22)23-11-8-20-12-18(23)25;/h15-16,20H,2-14H2,1H3;1H. The normalized spacial score (nSPS) is 26.6. The van der Waals surface area contributed by atoms with Gasteiger partial charge in [-0.25, -0.2) is 0 Å². The molecular formula is C19H33ClN4O3. The second-order valence-electron chi connectivity index (χ2n) is 7.77. The monoisotopic (exact) mass is 400 g/mol. The Bertz CT molecular complexity index is 545. The van der Waals surface area contributed by atoms with E-state index in [0.29, 0.717) is 26.1 Å². The molecule has 2 unspecified atom stereocenters. The lowest BCUT2D eigenvalue weighted by molar-refractivity contribution is -0.145. The van der Waals surface area contributed by atoms with Crippen molar-refractivity contribution in [2.75, 3.05) is 45.8 Å². The summed E-state index contributed by atoms with van der Waals surface area (Å²) in [7, 11) is 0. The van der Waals surface area contributed by atoms with Crippen LogP contribution < -0.4 is 5.32 Å². The zero-order valence-electron chi connectivity index (χ0n) is 16.3. The van der Waals surface area contributed by atoms with Gasteiger partial charge < -0.3 is 20.0 Å². The average Bonchev–Trinajstić information content (AvgIpc) is 2.68. The number of rotatable bonds is 4. The maximum Gasteiger partial charge on any atom is 0.236 e. The Morgan fingerprint density at radius 1 is 1.07 bits per heavy atom. The number of halogens is 1. The molecule has 1 N–H and O–H groups in total. The van der Waals surface area contributed by atoms with Gasteiger partial charge in [0, 0.05) is 51.7 Å². The number of hydrogen-bond donors (Lipinski definition) is 1. The zero-order valence-corrected chi connectivity index (χ0v) is 17.1. The Kier molecular flexibility index (Phi) is 8.35. The van der Waals surface area contributed by atoms with Crippen LogP contribution in [0, 0.1) is 5.92 Å². The van der Waals surface area contributed by atoms with Crippen LogP contribution in [0.4, 0.5) is 0 Å². The van der Waals surface area contributed by atoms with Crippen molar-refractivity contribution >= 4 is 30.1 Å². The second-order valence-corrected chi connectivity index (χ2v) is 7.77. The van der Waals surface area contributed by atoms with E-state index in [1.165, 1.54) is 0 Å². The molecule has 0 bridgehead atoms. The molecule has 154 valence electrons. The fraction of sp³-hybridized carbons (Fsp3) is 0.842. The fourth-order valence-corrected chi connectivity index (χ4v) is 4.45. The van der Waals surface area contributed by atoms with E-state index in [-0.39, 0.29) is 42.1 Å². The van der Waals surface area contributed by atoms with E-state index < -0.39 is 0 Å². The maximum absolute atomic E-state index is 13.1. The number of carbonyl (C=O) groups is 3. The number of hydrogen-bond acceptors (Lipinski definition) is 4. The van der Waals surface area contributed by atoms with Crippen LogP contribution in [-0.4, -0.2) is 84.3 Å². The molecule has 3 aliphatic heterocycles. The van der Waals surface area contributed by atoms with E-state index >= 15 is 0 Å². The highest BCUT2D eigenvalue weighted by molar-refractivity contribution is 5.85. The fourth-order valence-electron chi connectivity index (χ4n) is 4.45. The average molecular weight is 401 g/mol. The Labute approximate surface area is 168 Å². The van der Waals surface area contributed by atoms with Gasteiger partial charge in [-0.2, -0.15) is 0 Å². The van der Waals surface area contributed by atoms with Gasteiger partial charge in [0.05, 0.1) is 12.5 Å². The molecule has 3 rings (SSSR count). The van der Waals surface area contributed by atoms with Crippen molar-refractivity contribution in [3.05, 3.63) is 0 Å². The summed E-state index contributed by atoms with van der Waals surface area (Å²) in [4.78, 5) is 43.2. The van der Waals surface area contributed by atoms with E-state index in [1.807, 2.05) is 21.6 Å². The predicted molar refractivity (Wildman–Crippen MR) is 106 cm³/mol. The molecule has 0 saturated carbocycles. The highest BCUT2D eigenvalue weighted by Crippen LogP contribution is 2.23. The summed E-state index contributed by atoms with van der Waals surface area (Å²) < 4.78 is 0. The summed E-state index contributed by atoms with van der Waals surface area (Å²) >= 11 is 0. The van der Waals surface area contributed by atoms with Gasteiger partial charge in [-0.1, -0.05) is 6.92 Å². The van der Waals surface area contributed by atoms with Gasteiger partial charge in [0.15, 0.2) is 0 Å². The molecule has 3 amide bonds. The number of piperidine rings is 2. The quantitative estimate of drug-likeness (QED) is 0.760. The molecule has 7 nitrogen and oxygen atoms in total. The van der Waals surface area contributed by atoms with Gasteiger partial charge in [0.2, 0.25) is 17.7 Å². The number of carbonyl (C=O) groups excluding carboxylic acids is 3. The largest absolute Gasteiger partial charge is 0.342 e. The SMILES string of the molecule is CCCC(=O)N1CCCC(C(=O)N2CCCC(N3CCNCC3=O)C2)C1.Cl. The van der Waals surface area contributed by atoms with Crippen molar-refractivity contribution in [1.29, 1.82) is 0 Å². The van der Waals surface area contributed by atoms with Crippen molar-refractivity contribution in [3.63, 3.8) is 0 Å². The minimum atomic E-state index is -0.0815. The molecule has 27 heavy (non-hydrogen) atoms. The Hall–Kier alpha value is -1.34. The summed E-state index contributed by atoms with van der Waals surface area (Å²) in [5.74, 6) is 0.408. The van der Waals surface area contributed by atoms with Crippen LogP contribution in [0.1, 0.15) is 45.4 Å². The lowest BCUT2D eigenvalue weighted by Gasteiger charge is -2.42. The number of likely N-dealkylation sites (tertiary alicyclic amines) is 2. The van der Waals surface area contributed by atoms with Crippen LogP contribution in [0.3, 0.4) is 0 Å². The molecule has 3 heterocycles. The van der Waals surface area contributed by atoms with Crippen molar-refractivity contribution in [1.82, 2.24) is 20.0 Å². The third kappa shape index (κ3) is 5.35. The van der Waals surface area contributed by atoms with E-state index in [1.54, 1.807) is 0 Å². The minimum absolute atomic E-state index is 0. The van der Waals surface area contributed by atoms with Gasteiger partial charge in [0.1, 0.15) is 0 Å². The second kappa shape index (κ2) is 10.3. The molecule has 3 fully saturated rings. The van der Waals surface area contributed by atoms with E-state index in [4.69, 9.17) is 0 Å². The molecule has 2 atom stereocenters. The molecule has 0 radical (unpaired) electrons. The van der Waals surface area contributed by atoms with E-state index in [0.717, 1.165) is 58.3 Å². The zero-order chi connectivity index (χ0) is 18.5. The topological polar surface area (TPSA) is 73.0 Å². The van der Waals surface area contributed by atoms with Gasteiger partial charge in [-0.05, 0) is 32.1 Å². The van der Waals surface area contributed by atoms with Gasteiger partial charge in [0.25, 0.3) is 0 Å². The minimum Gasteiger partial charge on any atom is -0.342 e. The van der Waals surface area contributed by atoms with Crippen molar-refractivity contribution in [2.45, 2.75) is 51.5 Å². The smallest absolute Gasteiger partial charge is 0.236 e. The summed E-state index contributed by atoms with van der Waals surface area (Å²) in [5.41, 5.74) is 0. The van der Waals surface area contributed by atoms with Crippen molar-refractivity contribution in [2.24, 2.45) is 5.92 Å². The van der Waals surface area contributed by atoms with E-state index in [9.17, 15) is 14.4 Å². The van der Waals surface area contributed by atoms with Gasteiger partial charge in [-0.15, -0.1) is 12.4 Å². The number of piperazine rings is 1. The van der Waals surface area contributed by atoms with Crippen molar-refractivity contribution in [3.8, 4) is 0 Å². The molecule has 0 aromatic carbocycles. The van der Waals surface area contributed by atoms with Gasteiger partial charge >= 0.3 is 0 Å². The van der Waals surface area contributed by atoms with Crippen LogP contribution in [0.25, 0.3) is 0 Å². The number of nitrogens with zero attached hydrogens (tertiary/aromatic N) is 3. The lowest BCUT2D eigenvalue weighted by Crippen LogP contribution is -2.58. The lowest BCUT2D eigenvalue weighted by atomic mass is 9.94. The first-order chi connectivity index (χ1) is 12.6.